The molecule has 4 fully saturated rings. The first-order valence-electron chi connectivity index (χ1n) is 26.9. The highest BCUT2D eigenvalue weighted by Gasteiger charge is 2.56. The lowest BCUT2D eigenvalue weighted by atomic mass is 9.73. The summed E-state index contributed by atoms with van der Waals surface area (Å²) >= 11 is 0. The van der Waals surface area contributed by atoms with Crippen molar-refractivity contribution in [1.82, 2.24) is 49.5 Å². The zero-order chi connectivity index (χ0) is 56.0. The van der Waals surface area contributed by atoms with Crippen LogP contribution in [0, 0.1) is 22.7 Å². The number of carbonyl (C=O) groups excluding carboxylic acids is 3. The molecule has 0 bridgehead atoms. The molecule has 426 valence electrons. The predicted molar refractivity (Wildman–Crippen MR) is 264 cm³/mol. The second-order valence-corrected chi connectivity index (χ2v) is 22.6. The first-order valence-corrected chi connectivity index (χ1v) is 26.9. The summed E-state index contributed by atoms with van der Waals surface area (Å²) in [5.41, 5.74) is -0.943. The molecule has 4 aromatic rings. The molecular formula is C54H67F9N10O5. The molecule has 6 atom stereocenters. The van der Waals surface area contributed by atoms with E-state index in [9.17, 15) is 53.9 Å². The van der Waals surface area contributed by atoms with E-state index in [0.717, 1.165) is 74.0 Å². The van der Waals surface area contributed by atoms with E-state index in [-0.39, 0.29) is 101 Å². The fraction of sp³-hybridized carbons (Fsp3) is 0.648. The maximum atomic E-state index is 14.4. The van der Waals surface area contributed by atoms with Crippen LogP contribution in [-0.4, -0.2) is 132 Å². The minimum atomic E-state index is -5.07. The van der Waals surface area contributed by atoms with Crippen LogP contribution < -0.4 is 5.32 Å². The van der Waals surface area contributed by atoms with Crippen molar-refractivity contribution < 1.29 is 63.4 Å². The predicted octanol–water partition coefficient (Wildman–Crippen LogP) is 9.19. The number of amides is 3. The summed E-state index contributed by atoms with van der Waals surface area (Å²) in [4.78, 5) is 45.5. The van der Waals surface area contributed by atoms with Crippen LogP contribution in [0.4, 0.5) is 39.5 Å². The maximum Gasteiger partial charge on any atom is 0.471 e. The third-order valence-corrected chi connectivity index (χ3v) is 17.6. The molecule has 6 aliphatic rings. The van der Waals surface area contributed by atoms with Gasteiger partial charge in [-0.2, -0.15) is 39.5 Å². The van der Waals surface area contributed by atoms with Crippen LogP contribution in [0.5, 0.6) is 0 Å². The van der Waals surface area contributed by atoms with Crippen LogP contribution in [0.25, 0.3) is 0 Å². The molecule has 78 heavy (non-hydrogen) atoms. The van der Waals surface area contributed by atoms with Crippen LogP contribution >= 0.6 is 0 Å². The van der Waals surface area contributed by atoms with Crippen molar-refractivity contribution in [1.29, 1.82) is 0 Å². The minimum absolute atomic E-state index is 0.0337. The number of aromatic nitrogens is 6. The number of fused-ring (bicyclic) bond motifs is 2. The van der Waals surface area contributed by atoms with E-state index in [1.54, 1.807) is 26.7 Å². The van der Waals surface area contributed by atoms with Gasteiger partial charge in [-0.25, -0.2) is 0 Å². The summed E-state index contributed by atoms with van der Waals surface area (Å²) in [6.07, 6.45) is -2.70. The van der Waals surface area contributed by atoms with Gasteiger partial charge in [-0.15, -0.1) is 20.4 Å². The Morgan fingerprint density at radius 2 is 1.03 bits per heavy atom. The summed E-state index contributed by atoms with van der Waals surface area (Å²) in [7, 11) is 0. The minimum Gasteiger partial charge on any atom is -0.381 e. The molecule has 1 N–H and O–H groups in total. The molecule has 2 aromatic carbocycles. The zero-order valence-electron chi connectivity index (χ0n) is 44.1. The van der Waals surface area contributed by atoms with Crippen molar-refractivity contribution >= 4 is 17.7 Å². The maximum absolute atomic E-state index is 14.4. The van der Waals surface area contributed by atoms with E-state index in [0.29, 0.717) is 29.3 Å². The molecule has 0 spiro atoms. The smallest absolute Gasteiger partial charge is 0.381 e. The van der Waals surface area contributed by atoms with E-state index in [2.05, 4.69) is 39.6 Å². The van der Waals surface area contributed by atoms with E-state index in [1.165, 1.54) is 35.8 Å². The summed E-state index contributed by atoms with van der Waals surface area (Å²) in [6, 6.07) is 5.60. The highest BCUT2D eigenvalue weighted by Crippen LogP contribution is 2.51. The number of carbonyl (C=O) groups is 3. The zero-order valence-corrected chi connectivity index (χ0v) is 44.1. The Morgan fingerprint density at radius 1 is 0.590 bits per heavy atom. The third kappa shape index (κ3) is 11.7. The van der Waals surface area contributed by atoms with Gasteiger partial charge < -0.3 is 38.6 Å². The largest absolute Gasteiger partial charge is 0.471 e. The first-order chi connectivity index (χ1) is 36.9. The normalized spacial score (nSPS) is 26.4. The topological polar surface area (TPSA) is 153 Å². The van der Waals surface area contributed by atoms with E-state index < -0.39 is 64.5 Å². The molecule has 0 radical (unpaired) electrons. The van der Waals surface area contributed by atoms with Crippen LogP contribution in [0.15, 0.2) is 61.7 Å². The molecule has 2 saturated carbocycles. The van der Waals surface area contributed by atoms with Crippen molar-refractivity contribution in [2.24, 2.45) is 22.7 Å². The Hall–Kier alpha value is -5.62. The number of alkyl halides is 9. The Kier molecular flexibility index (Phi) is 16.5. The lowest BCUT2D eigenvalue weighted by Gasteiger charge is -2.43. The molecule has 6 heterocycles. The van der Waals surface area contributed by atoms with Gasteiger partial charge >= 0.3 is 24.4 Å². The molecule has 15 nitrogen and oxygen atoms in total. The number of rotatable bonds is 10. The Bertz CT molecular complexity index is 2730. The first kappa shape index (κ1) is 57.1. The molecule has 2 aliphatic carbocycles. The molecule has 4 aliphatic heterocycles. The van der Waals surface area contributed by atoms with Gasteiger partial charge in [0.05, 0.1) is 34.0 Å². The molecule has 3 amide bonds. The summed E-state index contributed by atoms with van der Waals surface area (Å²) in [5, 5.41) is 19.2. The number of nitrogens with zero attached hydrogens (tertiary/aromatic N) is 9. The lowest BCUT2D eigenvalue weighted by molar-refractivity contribution is -0.192. The van der Waals surface area contributed by atoms with E-state index >= 15 is 0 Å². The Balaban J connectivity index is 0.000000192. The second kappa shape index (κ2) is 22.5. The van der Waals surface area contributed by atoms with Gasteiger partial charge in [0.25, 0.3) is 0 Å². The van der Waals surface area contributed by atoms with Gasteiger partial charge in [-0.05, 0) is 123 Å². The number of ether oxygens (including phenoxy) is 2. The standard InChI is InChI=1S/C28H33F6N5O3.C26H34F3N5O2/c1-17(2)26(8-5-21(12-26)39(25(41)28(32,33)34)20-6-9-42-10-7-20)24(40)37-13-18-11-19(27(29,30)31)3-4-22(18)23(14-37)38-15-35-36-16-38;1-17(2)25(8-5-21(12-25)32-20-6-9-36-10-7-20)24(35)33-13-18-11-19(26(27,28)29)3-4-22(18)23(14-33)34-15-30-31-16-34/h3-4,11,15-17,20-21,23H,5-10,12-14H2,1-2H3;3-4,11,15-17,20-21,23,32H,5-10,12-14H2,1-2H3/t21-,23?,26+;21-,23?,25+/m11/s1. The van der Waals surface area contributed by atoms with Crippen LogP contribution in [-0.2, 0) is 49.3 Å². The Morgan fingerprint density at radius 3 is 1.46 bits per heavy atom. The van der Waals surface area contributed by atoms with Gasteiger partial charge in [-0.1, -0.05) is 39.8 Å². The van der Waals surface area contributed by atoms with Crippen molar-refractivity contribution in [2.45, 2.75) is 160 Å². The molecule has 24 heteroatoms. The average Bonchev–Trinajstić information content (AvgIpc) is 4.34. The fourth-order valence-corrected chi connectivity index (χ4v) is 13.2. The van der Waals surface area contributed by atoms with Crippen molar-refractivity contribution in [3.63, 3.8) is 0 Å². The number of hydrogen-bond acceptors (Lipinski definition) is 10. The molecule has 2 unspecified atom stereocenters. The second-order valence-electron chi connectivity index (χ2n) is 22.6. The average molecular weight is 1110 g/mol. The number of halogens is 9. The highest BCUT2D eigenvalue weighted by atomic mass is 19.4. The fourth-order valence-electron chi connectivity index (χ4n) is 13.2. The quantitative estimate of drug-likeness (QED) is 0.152. The van der Waals surface area contributed by atoms with Crippen LogP contribution in [0.3, 0.4) is 0 Å². The van der Waals surface area contributed by atoms with Gasteiger partial charge in [0.15, 0.2) is 0 Å². The SMILES string of the molecule is CC(C)[C@]1(C(=O)N2Cc3cc(C(F)(F)F)ccc3C(n3cnnc3)C2)CC[C@@H](N(C(=O)C(F)(F)F)C2CCOCC2)C1.CC(C)[C@]1(C(=O)N2Cc3cc(C(F)(F)F)ccc3C(n3cnnc3)C2)CC[C@@H](NC2CCOCC2)C1. The monoisotopic (exact) mass is 1110 g/mol. The number of hydrogen-bond donors (Lipinski definition) is 1. The third-order valence-electron chi connectivity index (χ3n) is 17.6. The van der Waals surface area contributed by atoms with Crippen molar-refractivity contribution in [3.05, 3.63) is 95.1 Å². The lowest BCUT2D eigenvalue weighted by Crippen LogP contribution is -2.54. The van der Waals surface area contributed by atoms with Crippen molar-refractivity contribution in [3.8, 4) is 0 Å². The van der Waals surface area contributed by atoms with Gasteiger partial charge in [0.1, 0.15) is 25.3 Å². The molecule has 10 rings (SSSR count). The Labute approximate surface area is 446 Å². The highest BCUT2D eigenvalue weighted by molar-refractivity contribution is 5.86. The molecular weight excluding hydrogens is 1040 g/mol. The number of nitrogens with one attached hydrogen (secondary N) is 1. The summed E-state index contributed by atoms with van der Waals surface area (Å²) < 4.78 is 137. The van der Waals surface area contributed by atoms with E-state index in [4.69, 9.17) is 9.47 Å². The van der Waals surface area contributed by atoms with Gasteiger partial charge in [0.2, 0.25) is 11.8 Å². The van der Waals surface area contributed by atoms with E-state index in [1.807, 2.05) is 13.8 Å². The molecule has 2 saturated heterocycles. The summed E-state index contributed by atoms with van der Waals surface area (Å²) in [5.74, 6) is -2.40. The molecule has 2 aromatic heterocycles. The van der Waals surface area contributed by atoms with Crippen LogP contribution in [0.1, 0.15) is 137 Å². The van der Waals surface area contributed by atoms with Crippen molar-refractivity contribution in [2.75, 3.05) is 39.5 Å². The number of benzene rings is 2. The van der Waals surface area contributed by atoms with Crippen LogP contribution in [0.2, 0.25) is 0 Å². The van der Waals surface area contributed by atoms with Gasteiger partial charge in [-0.3, -0.25) is 14.4 Å². The summed E-state index contributed by atoms with van der Waals surface area (Å²) in [6.45, 7) is 10.4. The van der Waals surface area contributed by atoms with Gasteiger partial charge in [0, 0.05) is 76.8 Å².